The van der Waals surface area contributed by atoms with Crippen LogP contribution in [-0.2, 0) is 0 Å². The van der Waals surface area contributed by atoms with Gasteiger partial charge in [-0.05, 0) is 56.8 Å². The van der Waals surface area contributed by atoms with E-state index in [0.29, 0.717) is 11.3 Å². The third-order valence-electron chi connectivity index (χ3n) is 3.92. The lowest BCUT2D eigenvalue weighted by molar-refractivity contribution is 0.0555. The van der Waals surface area contributed by atoms with Crippen LogP contribution in [0.4, 0.5) is 4.39 Å². The summed E-state index contributed by atoms with van der Waals surface area (Å²) in [4.78, 5) is 0. The second-order valence-corrected chi connectivity index (χ2v) is 6.48. The average Bonchev–Trinajstić information content (AvgIpc) is 2.01. The van der Waals surface area contributed by atoms with Crippen molar-refractivity contribution in [1.29, 1.82) is 0 Å². The molecule has 1 rings (SSSR count). The van der Waals surface area contributed by atoms with Crippen LogP contribution in [0.1, 0.15) is 60.3 Å². The fourth-order valence-electron chi connectivity index (χ4n) is 2.65. The van der Waals surface area contributed by atoms with Crippen molar-refractivity contribution in [3.05, 3.63) is 0 Å². The van der Waals surface area contributed by atoms with E-state index in [0.717, 1.165) is 18.8 Å². The zero-order chi connectivity index (χ0) is 11.0. The van der Waals surface area contributed by atoms with E-state index in [2.05, 4.69) is 20.8 Å². The van der Waals surface area contributed by atoms with E-state index in [1.807, 2.05) is 0 Å². The second-order valence-electron chi connectivity index (χ2n) is 6.48. The molecule has 1 heteroatoms. The molecule has 0 heterocycles. The highest BCUT2D eigenvalue weighted by atomic mass is 19.1. The van der Waals surface area contributed by atoms with Crippen LogP contribution < -0.4 is 0 Å². The lowest BCUT2D eigenvalue weighted by Crippen LogP contribution is -2.33. The standard InChI is InChI=1S/C13H25F/c1-12(2,3)10-6-8-11(9-7-10)13(4,5)14/h10-11H,6-9H2,1-5H3. The Morgan fingerprint density at radius 1 is 0.786 bits per heavy atom. The summed E-state index contributed by atoms with van der Waals surface area (Å²) in [6.07, 6.45) is 4.57. The quantitative estimate of drug-likeness (QED) is 0.581. The third-order valence-corrected chi connectivity index (χ3v) is 3.92. The minimum absolute atomic E-state index is 0.293. The summed E-state index contributed by atoms with van der Waals surface area (Å²) in [5, 5.41) is 0. The maximum absolute atomic E-state index is 13.7. The Labute approximate surface area is 88.3 Å². The Morgan fingerprint density at radius 2 is 1.14 bits per heavy atom. The Bertz CT molecular complexity index is 152. The number of hydrogen-bond acceptors (Lipinski definition) is 0. The van der Waals surface area contributed by atoms with Crippen molar-refractivity contribution >= 4 is 0 Å². The highest BCUT2D eigenvalue weighted by molar-refractivity contribution is 4.86. The SMILES string of the molecule is CC(C)(C)C1CCC(C(C)(C)F)CC1. The molecule has 0 unspecified atom stereocenters. The van der Waals surface area contributed by atoms with Gasteiger partial charge in [-0.15, -0.1) is 0 Å². The van der Waals surface area contributed by atoms with E-state index < -0.39 is 5.67 Å². The molecule has 1 aliphatic rings. The van der Waals surface area contributed by atoms with E-state index >= 15 is 0 Å². The van der Waals surface area contributed by atoms with Gasteiger partial charge in [-0.1, -0.05) is 20.8 Å². The van der Waals surface area contributed by atoms with Crippen molar-refractivity contribution in [2.45, 2.75) is 66.0 Å². The van der Waals surface area contributed by atoms with Crippen molar-refractivity contribution in [2.24, 2.45) is 17.3 Å². The molecular weight excluding hydrogens is 175 g/mol. The van der Waals surface area contributed by atoms with Gasteiger partial charge in [-0.2, -0.15) is 0 Å². The first-order valence-corrected chi connectivity index (χ1v) is 5.90. The van der Waals surface area contributed by atoms with Gasteiger partial charge >= 0.3 is 0 Å². The zero-order valence-corrected chi connectivity index (χ0v) is 10.4. The van der Waals surface area contributed by atoms with Crippen LogP contribution >= 0.6 is 0 Å². The van der Waals surface area contributed by atoms with E-state index in [-0.39, 0.29) is 0 Å². The van der Waals surface area contributed by atoms with Gasteiger partial charge < -0.3 is 0 Å². The van der Waals surface area contributed by atoms with Crippen molar-refractivity contribution in [1.82, 2.24) is 0 Å². The minimum atomic E-state index is -0.969. The van der Waals surface area contributed by atoms with Gasteiger partial charge in [0.1, 0.15) is 5.67 Å². The fourth-order valence-corrected chi connectivity index (χ4v) is 2.65. The molecule has 0 spiro atoms. The van der Waals surface area contributed by atoms with Gasteiger partial charge in [0.25, 0.3) is 0 Å². The monoisotopic (exact) mass is 200 g/mol. The topological polar surface area (TPSA) is 0 Å². The summed E-state index contributed by atoms with van der Waals surface area (Å²) in [5.41, 5.74) is -0.561. The average molecular weight is 200 g/mol. The van der Waals surface area contributed by atoms with E-state index in [1.165, 1.54) is 12.8 Å². The van der Waals surface area contributed by atoms with Gasteiger partial charge in [0.15, 0.2) is 0 Å². The van der Waals surface area contributed by atoms with Gasteiger partial charge in [-0.3, -0.25) is 0 Å². The molecule has 1 saturated carbocycles. The number of halogens is 1. The molecular formula is C13H25F. The zero-order valence-electron chi connectivity index (χ0n) is 10.4. The Balaban J connectivity index is 2.47. The molecule has 0 aromatic carbocycles. The normalized spacial score (nSPS) is 30.4. The van der Waals surface area contributed by atoms with E-state index in [9.17, 15) is 4.39 Å². The Hall–Kier alpha value is -0.0700. The van der Waals surface area contributed by atoms with Crippen molar-refractivity contribution < 1.29 is 4.39 Å². The Kier molecular flexibility index (Phi) is 3.28. The molecule has 0 aromatic rings. The molecule has 14 heavy (non-hydrogen) atoms. The number of rotatable bonds is 1. The molecule has 0 atom stereocenters. The molecule has 0 N–H and O–H groups in total. The lowest BCUT2D eigenvalue weighted by Gasteiger charge is -2.39. The number of hydrogen-bond donors (Lipinski definition) is 0. The first-order chi connectivity index (χ1) is 6.21. The maximum atomic E-state index is 13.7. The molecule has 1 aliphatic carbocycles. The van der Waals surface area contributed by atoms with Gasteiger partial charge in [0, 0.05) is 0 Å². The minimum Gasteiger partial charge on any atom is -0.244 e. The van der Waals surface area contributed by atoms with Crippen molar-refractivity contribution in [3.63, 3.8) is 0 Å². The molecule has 0 amide bonds. The summed E-state index contributed by atoms with van der Waals surface area (Å²) in [5.74, 6) is 1.09. The Morgan fingerprint density at radius 3 is 1.43 bits per heavy atom. The van der Waals surface area contributed by atoms with Crippen LogP contribution in [0.5, 0.6) is 0 Å². The maximum Gasteiger partial charge on any atom is 0.108 e. The molecule has 0 radical (unpaired) electrons. The molecule has 0 aliphatic heterocycles. The summed E-state index contributed by atoms with van der Waals surface area (Å²) in [7, 11) is 0. The largest absolute Gasteiger partial charge is 0.244 e. The van der Waals surface area contributed by atoms with Gasteiger partial charge in [-0.25, -0.2) is 4.39 Å². The van der Waals surface area contributed by atoms with Crippen molar-refractivity contribution in [3.8, 4) is 0 Å². The molecule has 0 aromatic heterocycles. The van der Waals surface area contributed by atoms with Crippen LogP contribution in [-0.4, -0.2) is 5.67 Å². The smallest absolute Gasteiger partial charge is 0.108 e. The van der Waals surface area contributed by atoms with Crippen LogP contribution in [0.15, 0.2) is 0 Å². The summed E-state index contributed by atoms with van der Waals surface area (Å²) < 4.78 is 13.7. The van der Waals surface area contributed by atoms with Gasteiger partial charge in [0.2, 0.25) is 0 Å². The summed E-state index contributed by atoms with van der Waals surface area (Å²) in [6.45, 7) is 10.4. The van der Waals surface area contributed by atoms with Crippen LogP contribution in [0.2, 0.25) is 0 Å². The highest BCUT2D eigenvalue weighted by Crippen LogP contribution is 2.43. The molecule has 0 bridgehead atoms. The van der Waals surface area contributed by atoms with E-state index in [1.54, 1.807) is 13.8 Å². The molecule has 1 fully saturated rings. The van der Waals surface area contributed by atoms with Crippen LogP contribution in [0.3, 0.4) is 0 Å². The number of alkyl halides is 1. The summed E-state index contributed by atoms with van der Waals surface area (Å²) >= 11 is 0. The van der Waals surface area contributed by atoms with Gasteiger partial charge in [0.05, 0.1) is 0 Å². The second kappa shape index (κ2) is 3.83. The highest BCUT2D eigenvalue weighted by Gasteiger charge is 2.36. The van der Waals surface area contributed by atoms with Crippen molar-refractivity contribution in [2.75, 3.05) is 0 Å². The fraction of sp³-hybridized carbons (Fsp3) is 1.00. The predicted molar refractivity (Wildman–Crippen MR) is 60.1 cm³/mol. The van der Waals surface area contributed by atoms with Crippen LogP contribution in [0.25, 0.3) is 0 Å². The van der Waals surface area contributed by atoms with E-state index in [4.69, 9.17) is 0 Å². The first-order valence-electron chi connectivity index (χ1n) is 5.90. The molecule has 0 nitrogen and oxygen atoms in total. The first kappa shape index (κ1) is 12.0. The lowest BCUT2D eigenvalue weighted by atomic mass is 9.67. The van der Waals surface area contributed by atoms with Crippen LogP contribution in [0, 0.1) is 17.3 Å². The summed E-state index contributed by atoms with van der Waals surface area (Å²) in [6, 6.07) is 0. The predicted octanol–water partition coefficient (Wildman–Crippen LogP) is 4.59. The molecule has 84 valence electrons. The third kappa shape index (κ3) is 2.96. The molecule has 0 saturated heterocycles.